The van der Waals surface area contributed by atoms with Crippen molar-refractivity contribution in [3.8, 4) is 34.5 Å². The summed E-state index contributed by atoms with van der Waals surface area (Å²) in [4.78, 5) is 26.7. The summed E-state index contributed by atoms with van der Waals surface area (Å²) in [6, 6.07) is 18.7. The topological polar surface area (TPSA) is 145 Å². The highest BCUT2D eigenvalue weighted by Crippen LogP contribution is 2.50. The monoisotopic (exact) mass is 510 g/mol. The highest BCUT2D eigenvalue weighted by molar-refractivity contribution is 6.09. The number of Topliss-reactive ketones (excluding diaryl/α,β-unsaturated/α-hetero) is 1. The van der Waals surface area contributed by atoms with Crippen LogP contribution < -0.4 is 4.74 Å². The molecule has 5 rings (SSSR count). The zero-order chi connectivity index (χ0) is 27.0. The molecule has 4 aromatic rings. The highest BCUT2D eigenvalue weighted by atomic mass is 16.5. The summed E-state index contributed by atoms with van der Waals surface area (Å²) in [5.74, 6) is -2.76. The lowest BCUT2D eigenvalue weighted by Crippen LogP contribution is -2.19. The van der Waals surface area contributed by atoms with Crippen molar-refractivity contribution in [1.82, 2.24) is 0 Å². The maximum Gasteiger partial charge on any atom is 0.189 e. The highest BCUT2D eigenvalue weighted by Gasteiger charge is 2.42. The molecule has 1 aliphatic heterocycles. The number of ketones is 2. The number of benzene rings is 4. The molecular formula is C30H22O8. The number of phenols is 5. The van der Waals surface area contributed by atoms with Crippen LogP contribution >= 0.6 is 0 Å². The molecule has 2 atom stereocenters. The van der Waals surface area contributed by atoms with Gasteiger partial charge in [-0.2, -0.15) is 0 Å². The van der Waals surface area contributed by atoms with Crippen LogP contribution in [0.15, 0.2) is 84.9 Å². The number of carbonyl (C=O) groups excluding carboxylic acids is 2. The van der Waals surface area contributed by atoms with Gasteiger partial charge in [-0.25, -0.2) is 0 Å². The van der Waals surface area contributed by atoms with E-state index >= 15 is 0 Å². The average molecular weight is 510 g/mol. The van der Waals surface area contributed by atoms with E-state index in [1.807, 2.05) is 0 Å². The fraction of sp³-hybridized carbons (Fsp3) is 0.0667. The zero-order valence-electron chi connectivity index (χ0n) is 19.8. The molecule has 8 heteroatoms. The van der Waals surface area contributed by atoms with Crippen LogP contribution in [-0.2, 0) is 0 Å². The number of allylic oxidation sites excluding steroid dienone is 1. The van der Waals surface area contributed by atoms with E-state index in [4.69, 9.17) is 4.74 Å². The van der Waals surface area contributed by atoms with Gasteiger partial charge < -0.3 is 30.3 Å². The molecular weight excluding hydrogens is 488 g/mol. The van der Waals surface area contributed by atoms with Crippen molar-refractivity contribution in [1.29, 1.82) is 0 Å². The third kappa shape index (κ3) is 4.62. The first-order valence-electron chi connectivity index (χ1n) is 11.6. The first-order valence-corrected chi connectivity index (χ1v) is 11.6. The molecule has 0 saturated heterocycles. The van der Waals surface area contributed by atoms with Crippen molar-refractivity contribution in [2.75, 3.05) is 0 Å². The van der Waals surface area contributed by atoms with Crippen molar-refractivity contribution in [2.24, 2.45) is 0 Å². The molecule has 1 aliphatic rings. The summed E-state index contributed by atoms with van der Waals surface area (Å²) in [5, 5.41) is 49.4. The molecule has 190 valence electrons. The van der Waals surface area contributed by atoms with Crippen LogP contribution in [0.4, 0.5) is 0 Å². The van der Waals surface area contributed by atoms with Gasteiger partial charge in [0.2, 0.25) is 0 Å². The van der Waals surface area contributed by atoms with Gasteiger partial charge >= 0.3 is 0 Å². The molecule has 0 spiro atoms. The molecule has 1 heterocycles. The normalized spacial score (nSPS) is 16.2. The third-order valence-corrected chi connectivity index (χ3v) is 6.37. The second-order valence-corrected chi connectivity index (χ2v) is 8.87. The predicted molar refractivity (Wildman–Crippen MR) is 138 cm³/mol. The van der Waals surface area contributed by atoms with E-state index in [9.17, 15) is 35.1 Å². The minimum Gasteiger partial charge on any atom is -0.508 e. The lowest BCUT2D eigenvalue weighted by Gasteiger charge is -2.19. The van der Waals surface area contributed by atoms with Gasteiger partial charge in [0.25, 0.3) is 0 Å². The van der Waals surface area contributed by atoms with Gasteiger partial charge in [0, 0.05) is 17.2 Å². The van der Waals surface area contributed by atoms with Crippen molar-refractivity contribution in [3.63, 3.8) is 0 Å². The Balaban J connectivity index is 1.56. The van der Waals surface area contributed by atoms with Crippen LogP contribution in [0.1, 0.15) is 49.4 Å². The quantitative estimate of drug-likeness (QED) is 0.135. The largest absolute Gasteiger partial charge is 0.508 e. The average Bonchev–Trinajstić information content (AvgIpc) is 3.27. The van der Waals surface area contributed by atoms with Crippen molar-refractivity contribution < 1.29 is 39.9 Å². The summed E-state index contributed by atoms with van der Waals surface area (Å²) in [7, 11) is 0. The van der Waals surface area contributed by atoms with Crippen LogP contribution in [0.5, 0.6) is 34.5 Å². The van der Waals surface area contributed by atoms with Gasteiger partial charge in [0.05, 0.1) is 11.5 Å². The Bertz CT molecular complexity index is 1570. The Hall–Kier alpha value is -5.24. The molecule has 0 unspecified atom stereocenters. The molecule has 5 N–H and O–H groups in total. The third-order valence-electron chi connectivity index (χ3n) is 6.37. The van der Waals surface area contributed by atoms with E-state index in [0.29, 0.717) is 16.7 Å². The molecule has 0 aromatic heterocycles. The Morgan fingerprint density at radius 2 is 1.37 bits per heavy atom. The smallest absolute Gasteiger partial charge is 0.189 e. The summed E-state index contributed by atoms with van der Waals surface area (Å²) in [6.45, 7) is 0. The van der Waals surface area contributed by atoms with E-state index < -0.39 is 29.3 Å². The molecule has 4 aromatic carbocycles. The Labute approximate surface area is 217 Å². The number of fused-ring (bicyclic) bond motifs is 1. The Morgan fingerprint density at radius 3 is 2.03 bits per heavy atom. The fourth-order valence-electron chi connectivity index (χ4n) is 4.40. The molecule has 0 bridgehead atoms. The number of carbonyl (C=O) groups is 2. The summed E-state index contributed by atoms with van der Waals surface area (Å²) >= 11 is 0. The molecule has 38 heavy (non-hydrogen) atoms. The van der Waals surface area contributed by atoms with E-state index in [1.165, 1.54) is 60.7 Å². The molecule has 8 nitrogen and oxygen atoms in total. The van der Waals surface area contributed by atoms with Crippen LogP contribution in [0.3, 0.4) is 0 Å². The molecule has 0 saturated carbocycles. The fourth-order valence-corrected chi connectivity index (χ4v) is 4.40. The molecule has 0 fully saturated rings. The van der Waals surface area contributed by atoms with Crippen molar-refractivity contribution >= 4 is 17.6 Å². The number of phenolic OH excluding ortho intramolecular Hbond substituents is 5. The van der Waals surface area contributed by atoms with Crippen molar-refractivity contribution in [2.45, 2.75) is 12.0 Å². The van der Waals surface area contributed by atoms with E-state index in [2.05, 4.69) is 0 Å². The lowest BCUT2D eigenvalue weighted by atomic mass is 9.84. The Morgan fingerprint density at radius 1 is 0.711 bits per heavy atom. The lowest BCUT2D eigenvalue weighted by molar-refractivity contribution is 0.0894. The van der Waals surface area contributed by atoms with Gasteiger partial charge in [-0.1, -0.05) is 30.3 Å². The van der Waals surface area contributed by atoms with Crippen LogP contribution in [0.25, 0.3) is 6.08 Å². The maximum absolute atomic E-state index is 13.7. The second kappa shape index (κ2) is 9.67. The maximum atomic E-state index is 13.7. The zero-order valence-corrected chi connectivity index (χ0v) is 19.8. The van der Waals surface area contributed by atoms with Gasteiger partial charge in [-0.05, 0) is 65.7 Å². The molecule has 0 aliphatic carbocycles. The number of rotatable bonds is 6. The Kier molecular flexibility index (Phi) is 6.22. The summed E-state index contributed by atoms with van der Waals surface area (Å²) in [6.07, 6.45) is 1.95. The SMILES string of the molecule is O=C(/C=C/c1ccc(O)cc1)c1cc2c(cc1O)O[C@H](c1ccc(O)cc1)[C@H]2C(=O)c1ccc(O)c(O)c1. The minimum absolute atomic E-state index is 0.0292. The van der Waals surface area contributed by atoms with E-state index in [0.717, 1.165) is 6.07 Å². The van der Waals surface area contributed by atoms with Gasteiger partial charge in [-0.3, -0.25) is 9.59 Å². The van der Waals surface area contributed by atoms with E-state index in [1.54, 1.807) is 24.3 Å². The van der Waals surface area contributed by atoms with Gasteiger partial charge in [-0.15, -0.1) is 0 Å². The van der Waals surface area contributed by atoms with Crippen LogP contribution in [0, 0.1) is 0 Å². The second-order valence-electron chi connectivity index (χ2n) is 8.87. The number of hydrogen-bond donors (Lipinski definition) is 5. The number of aromatic hydroxyl groups is 5. The van der Waals surface area contributed by atoms with Crippen molar-refractivity contribution in [3.05, 3.63) is 113 Å². The van der Waals surface area contributed by atoms with Gasteiger partial charge in [0.15, 0.2) is 23.1 Å². The predicted octanol–water partition coefficient (Wildman–Crippen LogP) is 5.21. The summed E-state index contributed by atoms with van der Waals surface area (Å²) in [5.41, 5.74) is 1.66. The molecule has 0 amide bonds. The van der Waals surface area contributed by atoms with Crippen LogP contribution in [0.2, 0.25) is 0 Å². The van der Waals surface area contributed by atoms with E-state index in [-0.39, 0.29) is 39.9 Å². The molecule has 0 radical (unpaired) electrons. The van der Waals surface area contributed by atoms with Gasteiger partial charge in [0.1, 0.15) is 29.1 Å². The summed E-state index contributed by atoms with van der Waals surface area (Å²) < 4.78 is 6.07. The number of hydrogen-bond acceptors (Lipinski definition) is 8. The van der Waals surface area contributed by atoms with Crippen LogP contribution in [-0.4, -0.2) is 37.1 Å². The minimum atomic E-state index is -0.966. The number of ether oxygens (including phenoxy) is 1. The standard InChI is InChI=1S/C30H22O8/c31-19-7-1-16(2-8-19)3-11-23(33)21-14-22-27(15-25(21)35)38-30(17-4-9-20(32)10-5-17)28(22)29(37)18-6-12-24(34)26(36)13-18/h1-15,28,30-32,34-36H/b11-3+/t28-,30-/m1/s1. The first-order chi connectivity index (χ1) is 18.2. The first kappa shape index (κ1) is 24.5.